The molecule has 1 aliphatic heterocycles. The van der Waals surface area contributed by atoms with Gasteiger partial charge < -0.3 is 14.2 Å². The number of nitrogens with zero attached hydrogens (tertiary/aromatic N) is 2. The van der Waals surface area contributed by atoms with Crippen LogP contribution >= 0.6 is 22.6 Å². The highest BCUT2D eigenvalue weighted by Crippen LogP contribution is 2.35. The SMILES string of the molecule is COc1cc(/C=C2\N=C(c3ccc([N+](=O)[O-])cc3)OC2=O)cc(I)c1OCc1ccc(F)cc1. The molecule has 0 aliphatic carbocycles. The van der Waals surface area contributed by atoms with Crippen molar-refractivity contribution in [3.05, 3.63) is 103 Å². The predicted octanol–water partition coefficient (Wildman–Crippen LogP) is 5.27. The van der Waals surface area contributed by atoms with Crippen molar-refractivity contribution in [2.45, 2.75) is 6.61 Å². The molecule has 3 aromatic carbocycles. The molecule has 0 aromatic heterocycles. The number of nitro benzene ring substituents is 1. The topological polar surface area (TPSA) is 100 Å². The number of esters is 1. The molecule has 1 heterocycles. The van der Waals surface area contributed by atoms with Crippen molar-refractivity contribution in [3.8, 4) is 11.5 Å². The lowest BCUT2D eigenvalue weighted by Gasteiger charge is -2.14. The van der Waals surface area contributed by atoms with Crippen LogP contribution < -0.4 is 9.47 Å². The van der Waals surface area contributed by atoms with Gasteiger partial charge in [-0.25, -0.2) is 14.2 Å². The zero-order valence-electron chi connectivity index (χ0n) is 17.7. The van der Waals surface area contributed by atoms with Gasteiger partial charge in [-0.2, -0.15) is 0 Å². The number of hydrogen-bond donors (Lipinski definition) is 0. The number of non-ortho nitro benzene ring substituents is 1. The second-order valence-electron chi connectivity index (χ2n) is 7.09. The Morgan fingerprint density at radius 2 is 1.85 bits per heavy atom. The first-order chi connectivity index (χ1) is 16.3. The number of rotatable bonds is 7. The van der Waals surface area contributed by atoms with Crippen molar-refractivity contribution in [3.63, 3.8) is 0 Å². The van der Waals surface area contributed by atoms with Gasteiger partial charge in [0.1, 0.15) is 12.4 Å². The second kappa shape index (κ2) is 10.00. The molecule has 10 heteroatoms. The van der Waals surface area contributed by atoms with Crippen LogP contribution in [0.15, 0.2) is 71.4 Å². The Morgan fingerprint density at radius 3 is 2.50 bits per heavy atom. The summed E-state index contributed by atoms with van der Waals surface area (Å²) in [5, 5.41) is 10.8. The molecule has 1 aliphatic rings. The maximum absolute atomic E-state index is 13.1. The Labute approximate surface area is 207 Å². The Bertz CT molecular complexity index is 1320. The maximum atomic E-state index is 13.1. The van der Waals surface area contributed by atoms with Gasteiger partial charge >= 0.3 is 5.97 Å². The molecule has 0 atom stereocenters. The molecule has 0 bridgehead atoms. The quantitative estimate of drug-likeness (QED) is 0.125. The van der Waals surface area contributed by atoms with E-state index in [9.17, 15) is 19.3 Å². The van der Waals surface area contributed by atoms with Crippen LogP contribution in [0.1, 0.15) is 16.7 Å². The van der Waals surface area contributed by atoms with Crippen molar-refractivity contribution in [2.75, 3.05) is 7.11 Å². The number of benzene rings is 3. The van der Waals surface area contributed by atoms with Crippen molar-refractivity contribution >= 4 is 46.2 Å². The lowest BCUT2D eigenvalue weighted by molar-refractivity contribution is -0.384. The average molecular weight is 574 g/mol. The fourth-order valence-corrected chi connectivity index (χ4v) is 3.90. The van der Waals surface area contributed by atoms with E-state index in [1.807, 2.05) is 0 Å². The van der Waals surface area contributed by atoms with E-state index in [0.29, 0.717) is 22.6 Å². The molecule has 0 fully saturated rings. The number of cyclic esters (lactones) is 1. The fraction of sp³-hybridized carbons (Fsp3) is 0.0833. The summed E-state index contributed by atoms with van der Waals surface area (Å²) in [6.07, 6.45) is 1.55. The highest BCUT2D eigenvalue weighted by Gasteiger charge is 2.25. The van der Waals surface area contributed by atoms with E-state index in [1.54, 1.807) is 30.3 Å². The third-order valence-corrected chi connectivity index (χ3v) is 5.60. The highest BCUT2D eigenvalue weighted by molar-refractivity contribution is 14.1. The highest BCUT2D eigenvalue weighted by atomic mass is 127. The van der Waals surface area contributed by atoms with Crippen LogP contribution in [0.3, 0.4) is 0 Å². The number of carbonyl (C=O) groups excluding carboxylic acids is 1. The number of halogens is 2. The third-order valence-electron chi connectivity index (χ3n) is 4.80. The van der Waals surface area contributed by atoms with E-state index in [1.165, 1.54) is 43.5 Å². The van der Waals surface area contributed by atoms with Crippen LogP contribution in [0.4, 0.5) is 10.1 Å². The van der Waals surface area contributed by atoms with E-state index in [0.717, 1.165) is 9.13 Å². The summed E-state index contributed by atoms with van der Waals surface area (Å²) >= 11 is 2.10. The number of carbonyl (C=O) groups is 1. The molecule has 0 radical (unpaired) electrons. The van der Waals surface area contributed by atoms with E-state index in [2.05, 4.69) is 27.6 Å². The molecular formula is C24H16FIN2O6. The molecule has 34 heavy (non-hydrogen) atoms. The van der Waals surface area contributed by atoms with E-state index in [-0.39, 0.29) is 29.7 Å². The summed E-state index contributed by atoms with van der Waals surface area (Å²) in [5.74, 6) is 0.0644. The molecule has 0 saturated carbocycles. The van der Waals surface area contributed by atoms with Gasteiger partial charge in [-0.1, -0.05) is 12.1 Å². The minimum absolute atomic E-state index is 0.0621. The molecular weight excluding hydrogens is 558 g/mol. The van der Waals surface area contributed by atoms with Crippen LogP contribution in [-0.4, -0.2) is 23.9 Å². The lowest BCUT2D eigenvalue weighted by Crippen LogP contribution is -2.05. The summed E-state index contributed by atoms with van der Waals surface area (Å²) in [7, 11) is 1.50. The molecule has 172 valence electrons. The normalized spacial score (nSPS) is 14.0. The summed E-state index contributed by atoms with van der Waals surface area (Å²) in [4.78, 5) is 26.9. The number of ether oxygens (including phenoxy) is 3. The van der Waals surface area contributed by atoms with Gasteiger partial charge in [-0.15, -0.1) is 0 Å². The zero-order valence-corrected chi connectivity index (χ0v) is 19.8. The molecule has 8 nitrogen and oxygen atoms in total. The van der Waals surface area contributed by atoms with Gasteiger partial charge in [-0.05, 0) is 76.2 Å². The molecule has 0 spiro atoms. The first kappa shape index (κ1) is 23.4. The summed E-state index contributed by atoms with van der Waals surface area (Å²) in [6.45, 7) is 0.224. The number of methoxy groups -OCH3 is 1. The van der Waals surface area contributed by atoms with E-state index >= 15 is 0 Å². The predicted molar refractivity (Wildman–Crippen MR) is 130 cm³/mol. The minimum Gasteiger partial charge on any atom is -0.493 e. The van der Waals surface area contributed by atoms with Gasteiger partial charge in [0.2, 0.25) is 5.90 Å². The molecule has 0 amide bonds. The lowest BCUT2D eigenvalue weighted by atomic mass is 10.1. The van der Waals surface area contributed by atoms with Crippen LogP contribution in [0.25, 0.3) is 6.08 Å². The Balaban J connectivity index is 1.57. The largest absolute Gasteiger partial charge is 0.493 e. The maximum Gasteiger partial charge on any atom is 0.363 e. The van der Waals surface area contributed by atoms with Crippen LogP contribution in [-0.2, 0) is 16.1 Å². The van der Waals surface area contributed by atoms with Crippen molar-refractivity contribution in [1.82, 2.24) is 0 Å². The molecule has 0 unspecified atom stereocenters. The molecule has 4 rings (SSSR count). The molecule has 0 saturated heterocycles. The van der Waals surface area contributed by atoms with Gasteiger partial charge in [-0.3, -0.25) is 10.1 Å². The second-order valence-corrected chi connectivity index (χ2v) is 8.25. The van der Waals surface area contributed by atoms with Gasteiger partial charge in [0.05, 0.1) is 15.6 Å². The fourth-order valence-electron chi connectivity index (χ4n) is 3.12. The third kappa shape index (κ3) is 5.22. The first-order valence-corrected chi connectivity index (χ1v) is 10.9. The number of aliphatic imine (C=N–C) groups is 1. The first-order valence-electron chi connectivity index (χ1n) is 9.86. The van der Waals surface area contributed by atoms with Crippen molar-refractivity contribution in [2.24, 2.45) is 4.99 Å². The summed E-state index contributed by atoms with van der Waals surface area (Å²) in [5.41, 5.74) is 1.88. The summed E-state index contributed by atoms with van der Waals surface area (Å²) < 4.78 is 30.4. The van der Waals surface area contributed by atoms with Crippen LogP contribution in [0, 0.1) is 19.5 Å². The molecule has 3 aromatic rings. The minimum atomic E-state index is -0.640. The van der Waals surface area contributed by atoms with Crippen molar-refractivity contribution in [1.29, 1.82) is 0 Å². The number of nitro groups is 1. The van der Waals surface area contributed by atoms with Crippen molar-refractivity contribution < 1.29 is 28.3 Å². The Hall–Kier alpha value is -3.80. The van der Waals surface area contributed by atoms with E-state index < -0.39 is 10.9 Å². The zero-order chi connectivity index (χ0) is 24.2. The number of hydrogen-bond acceptors (Lipinski definition) is 7. The molecule has 0 N–H and O–H groups in total. The standard InChI is InChI=1S/C24H16FIN2O6/c1-32-21-12-15(10-19(26)22(21)33-13-14-2-6-17(25)7-3-14)11-20-24(29)34-23(27-20)16-4-8-18(9-5-16)28(30)31/h2-12H,13H2,1H3/b20-11-. The average Bonchev–Trinajstić information content (AvgIpc) is 3.19. The van der Waals surface area contributed by atoms with Gasteiger partial charge in [0.25, 0.3) is 5.69 Å². The Morgan fingerprint density at radius 1 is 1.15 bits per heavy atom. The van der Waals surface area contributed by atoms with Crippen LogP contribution in [0.5, 0.6) is 11.5 Å². The smallest absolute Gasteiger partial charge is 0.363 e. The Kier molecular flexibility index (Phi) is 6.87. The monoisotopic (exact) mass is 574 g/mol. The van der Waals surface area contributed by atoms with Gasteiger partial charge in [0.15, 0.2) is 17.2 Å². The van der Waals surface area contributed by atoms with Crippen LogP contribution in [0.2, 0.25) is 0 Å². The summed E-state index contributed by atoms with van der Waals surface area (Å²) in [6, 6.07) is 15.0. The van der Waals surface area contributed by atoms with Gasteiger partial charge in [0, 0.05) is 17.7 Å². The van der Waals surface area contributed by atoms with E-state index in [4.69, 9.17) is 14.2 Å².